The van der Waals surface area contributed by atoms with Gasteiger partial charge >= 0.3 is 0 Å². The normalized spacial score (nSPS) is 10.3. The molecule has 0 aromatic carbocycles. The molecule has 0 radical (unpaired) electrons. The molecular weight excluding hydrogens is 200 g/mol. The van der Waals surface area contributed by atoms with E-state index in [1.54, 1.807) is 0 Å². The van der Waals surface area contributed by atoms with Gasteiger partial charge in [0.15, 0.2) is 0 Å². The Morgan fingerprint density at radius 2 is 1.79 bits per heavy atom. The van der Waals surface area contributed by atoms with Crippen molar-refractivity contribution in [2.45, 2.75) is 26.6 Å². The van der Waals surface area contributed by atoms with Gasteiger partial charge in [0, 0.05) is 13.0 Å². The van der Waals surface area contributed by atoms with Crippen LogP contribution in [0.1, 0.15) is 6.92 Å². The first kappa shape index (κ1) is 15.2. The number of aliphatic hydroxyl groups excluding tert-OH is 1. The highest BCUT2D eigenvalue weighted by atomic mass is 28.4. The molecule has 5 heteroatoms. The van der Waals surface area contributed by atoms with Crippen LogP contribution in [0.25, 0.3) is 0 Å². The van der Waals surface area contributed by atoms with Crippen molar-refractivity contribution in [3.05, 3.63) is 24.7 Å². The second-order valence-electron chi connectivity index (χ2n) is 3.52. The average Bonchev–Trinajstić information content (AvgIpc) is 1.80. The maximum atomic E-state index is 9.00. The summed E-state index contributed by atoms with van der Waals surface area (Å²) in [7, 11) is -1.52. The highest BCUT2D eigenvalue weighted by molar-refractivity contribution is 6.70. The first-order valence-corrected chi connectivity index (χ1v) is 7.48. The fourth-order valence-electron chi connectivity index (χ4n) is 0.510. The number of aliphatic hydroxyl groups is 1. The minimum absolute atomic E-state index is 0.529. The largest absolute Gasteiger partial charge is 0.545 e. The van der Waals surface area contributed by atoms with E-state index in [1.807, 2.05) is 0 Å². The molecule has 0 saturated heterocycles. The van der Waals surface area contributed by atoms with Crippen LogP contribution in [0.4, 0.5) is 0 Å². The zero-order chi connectivity index (χ0) is 11.8. The Balaban J connectivity index is 0. The van der Waals surface area contributed by atoms with E-state index in [0.717, 1.165) is 13.2 Å². The lowest BCUT2D eigenvalue weighted by Gasteiger charge is -2.18. The molecule has 0 heterocycles. The molecule has 0 aromatic rings. The van der Waals surface area contributed by atoms with Crippen LogP contribution < -0.4 is 0 Å². The fraction of sp³-hybridized carbons (Fsp3) is 0.444. The molecular formula is C9H18O4Si. The van der Waals surface area contributed by atoms with Crippen molar-refractivity contribution in [3.63, 3.8) is 0 Å². The van der Waals surface area contributed by atoms with Crippen molar-refractivity contribution in [1.29, 1.82) is 0 Å². The van der Waals surface area contributed by atoms with E-state index in [1.165, 1.54) is 6.08 Å². The zero-order valence-electron chi connectivity index (χ0n) is 9.07. The van der Waals surface area contributed by atoms with Gasteiger partial charge in [-0.3, -0.25) is 4.79 Å². The van der Waals surface area contributed by atoms with E-state index in [-0.39, 0.29) is 0 Å². The van der Waals surface area contributed by atoms with Crippen molar-refractivity contribution in [2.24, 2.45) is 0 Å². The Morgan fingerprint density at radius 1 is 1.43 bits per heavy atom. The third kappa shape index (κ3) is 22.4. The van der Waals surface area contributed by atoms with Crippen LogP contribution in [0.15, 0.2) is 24.7 Å². The van der Waals surface area contributed by atoms with E-state index in [4.69, 9.17) is 19.4 Å². The molecule has 82 valence electrons. The Bertz CT molecular complexity index is 211. The molecule has 0 saturated carbocycles. The second kappa shape index (κ2) is 7.20. The summed E-state index contributed by atoms with van der Waals surface area (Å²) in [5.41, 5.74) is 0. The standard InChI is InChI=1S/C7H14O2Si.C2H4O2/c1-7(5-6-8)9-10(2,3)4;1-2(3)4/h5-6,8H,1H2,2-4H3;1H3,(H,3,4). The van der Waals surface area contributed by atoms with Crippen LogP contribution in [0, 0.1) is 0 Å². The summed E-state index contributed by atoms with van der Waals surface area (Å²) in [4.78, 5) is 9.00. The lowest BCUT2D eigenvalue weighted by atomic mass is 10.6. The zero-order valence-corrected chi connectivity index (χ0v) is 10.1. The quantitative estimate of drug-likeness (QED) is 0.434. The van der Waals surface area contributed by atoms with Crippen LogP contribution in [0.5, 0.6) is 0 Å². The molecule has 0 aliphatic heterocycles. The smallest absolute Gasteiger partial charge is 0.300 e. The van der Waals surface area contributed by atoms with Crippen molar-refractivity contribution in [2.75, 3.05) is 0 Å². The Hall–Kier alpha value is -1.23. The molecule has 0 aliphatic carbocycles. The van der Waals surface area contributed by atoms with E-state index in [9.17, 15) is 0 Å². The molecule has 0 aromatic heterocycles. The van der Waals surface area contributed by atoms with Crippen molar-refractivity contribution >= 4 is 14.3 Å². The van der Waals surface area contributed by atoms with Crippen molar-refractivity contribution < 1.29 is 19.4 Å². The van der Waals surface area contributed by atoms with Gasteiger partial charge in [0.05, 0.1) is 12.0 Å². The van der Waals surface area contributed by atoms with Crippen molar-refractivity contribution in [1.82, 2.24) is 0 Å². The number of carbonyl (C=O) groups is 1. The summed E-state index contributed by atoms with van der Waals surface area (Å²) >= 11 is 0. The number of carboxylic acids is 1. The third-order valence-corrected chi connectivity index (χ3v) is 1.57. The Morgan fingerprint density at radius 3 is 2.00 bits per heavy atom. The molecule has 0 spiro atoms. The van der Waals surface area contributed by atoms with Gasteiger partial charge < -0.3 is 14.6 Å². The number of carboxylic acid groups (broad SMARTS) is 1. The number of aliphatic carboxylic acids is 1. The SMILES string of the molecule is C=C(C=CO)O[Si](C)(C)C.CC(=O)O. The van der Waals surface area contributed by atoms with Gasteiger partial charge in [-0.1, -0.05) is 6.58 Å². The molecule has 2 N–H and O–H groups in total. The maximum Gasteiger partial charge on any atom is 0.300 e. The van der Waals surface area contributed by atoms with Gasteiger partial charge in [-0.05, 0) is 19.6 Å². The molecule has 0 amide bonds. The maximum absolute atomic E-state index is 9.00. The van der Waals surface area contributed by atoms with Gasteiger partial charge in [-0.15, -0.1) is 0 Å². The monoisotopic (exact) mass is 218 g/mol. The lowest BCUT2D eigenvalue weighted by molar-refractivity contribution is -0.134. The molecule has 0 aliphatic rings. The molecule has 0 unspecified atom stereocenters. The lowest BCUT2D eigenvalue weighted by Crippen LogP contribution is -2.23. The van der Waals surface area contributed by atoms with Crippen LogP contribution in [-0.4, -0.2) is 24.5 Å². The molecule has 4 nitrogen and oxygen atoms in total. The van der Waals surface area contributed by atoms with E-state index in [2.05, 4.69) is 26.2 Å². The van der Waals surface area contributed by atoms with Gasteiger partial charge in [0.25, 0.3) is 5.97 Å². The number of hydrogen-bond donors (Lipinski definition) is 2. The van der Waals surface area contributed by atoms with Gasteiger partial charge in [0.1, 0.15) is 0 Å². The van der Waals surface area contributed by atoms with E-state index < -0.39 is 14.3 Å². The second-order valence-corrected chi connectivity index (χ2v) is 7.94. The number of allylic oxidation sites excluding steroid dienone is 1. The van der Waals surface area contributed by atoms with Gasteiger partial charge in [0.2, 0.25) is 8.32 Å². The highest BCUT2D eigenvalue weighted by Gasteiger charge is 2.15. The average molecular weight is 218 g/mol. The molecule has 0 atom stereocenters. The van der Waals surface area contributed by atoms with Crippen molar-refractivity contribution in [3.8, 4) is 0 Å². The summed E-state index contributed by atoms with van der Waals surface area (Å²) in [6.07, 6.45) is 2.38. The minimum Gasteiger partial charge on any atom is -0.545 e. The summed E-state index contributed by atoms with van der Waals surface area (Å²) in [6, 6.07) is 0. The predicted molar refractivity (Wildman–Crippen MR) is 58.6 cm³/mol. The Kier molecular flexibility index (Phi) is 7.84. The van der Waals surface area contributed by atoms with E-state index >= 15 is 0 Å². The number of rotatable bonds is 3. The minimum atomic E-state index is -1.52. The summed E-state index contributed by atoms with van der Waals surface area (Å²) in [6.45, 7) is 10.9. The summed E-state index contributed by atoms with van der Waals surface area (Å²) in [5.74, 6) is -0.304. The first-order chi connectivity index (χ1) is 6.19. The van der Waals surface area contributed by atoms with Crippen LogP contribution in [0.2, 0.25) is 19.6 Å². The molecule has 0 fully saturated rings. The van der Waals surface area contributed by atoms with Crippen LogP contribution in [-0.2, 0) is 9.22 Å². The van der Waals surface area contributed by atoms with E-state index in [0.29, 0.717) is 5.76 Å². The third-order valence-electron chi connectivity index (χ3n) is 0.698. The first-order valence-electron chi connectivity index (χ1n) is 4.07. The van der Waals surface area contributed by atoms with Crippen LogP contribution in [0.3, 0.4) is 0 Å². The summed E-state index contributed by atoms with van der Waals surface area (Å²) in [5, 5.41) is 15.7. The summed E-state index contributed by atoms with van der Waals surface area (Å²) < 4.78 is 5.38. The number of hydrogen-bond acceptors (Lipinski definition) is 3. The van der Waals surface area contributed by atoms with Gasteiger partial charge in [-0.25, -0.2) is 0 Å². The fourth-order valence-corrected chi connectivity index (χ4v) is 1.37. The molecule has 14 heavy (non-hydrogen) atoms. The Labute approximate surface area is 85.7 Å². The molecule has 0 bridgehead atoms. The van der Waals surface area contributed by atoms with Gasteiger partial charge in [-0.2, -0.15) is 0 Å². The topological polar surface area (TPSA) is 66.8 Å². The molecule has 0 rings (SSSR count). The predicted octanol–water partition coefficient (Wildman–Crippen LogP) is 2.51. The van der Waals surface area contributed by atoms with Crippen LogP contribution >= 0.6 is 0 Å². The highest BCUT2D eigenvalue weighted by Crippen LogP contribution is 2.08.